The van der Waals surface area contributed by atoms with Gasteiger partial charge >= 0.3 is 5.97 Å². The first kappa shape index (κ1) is 11.4. The molecule has 0 bridgehead atoms. The van der Waals surface area contributed by atoms with Gasteiger partial charge in [-0.2, -0.15) is 0 Å². The number of hydrogen-bond acceptors (Lipinski definition) is 4. The highest BCUT2D eigenvalue weighted by Gasteiger charge is 2.24. The van der Waals surface area contributed by atoms with Gasteiger partial charge in [-0.25, -0.2) is 4.79 Å². The van der Waals surface area contributed by atoms with E-state index in [9.17, 15) is 4.79 Å². The van der Waals surface area contributed by atoms with E-state index in [1.54, 1.807) is 0 Å². The average Bonchev–Trinajstić information content (AvgIpc) is 1.97. The molecule has 0 radical (unpaired) electrons. The third-order valence-corrected chi connectivity index (χ3v) is 1.17. The van der Waals surface area contributed by atoms with Gasteiger partial charge in [0.15, 0.2) is 6.10 Å². The van der Waals surface area contributed by atoms with Crippen LogP contribution in [-0.4, -0.2) is 31.3 Å². The Morgan fingerprint density at radius 2 is 2.00 bits per heavy atom. The monoisotopic (exact) mass is 175 g/mol. The summed E-state index contributed by atoms with van der Waals surface area (Å²) in [5, 5.41) is 0. The second kappa shape index (κ2) is 4.42. The number of carbonyl (C=O) groups is 1. The second-order valence-corrected chi connectivity index (χ2v) is 3.48. The highest BCUT2D eigenvalue weighted by Crippen LogP contribution is 2.10. The number of ether oxygens (including phenoxy) is 2. The van der Waals surface area contributed by atoms with Crippen molar-refractivity contribution in [2.75, 3.05) is 13.7 Å². The molecule has 0 saturated carbocycles. The maximum Gasteiger partial charge on any atom is 0.336 e. The maximum atomic E-state index is 11.0. The van der Waals surface area contributed by atoms with E-state index in [4.69, 9.17) is 10.5 Å². The van der Waals surface area contributed by atoms with Crippen molar-refractivity contribution in [3.63, 3.8) is 0 Å². The van der Waals surface area contributed by atoms with E-state index in [1.807, 2.05) is 20.8 Å². The number of nitrogens with two attached hydrogens (primary N) is 1. The Bertz CT molecular complexity index is 151. The van der Waals surface area contributed by atoms with Crippen LogP contribution in [0.4, 0.5) is 0 Å². The molecule has 0 amide bonds. The molecule has 0 fully saturated rings. The first-order valence-corrected chi connectivity index (χ1v) is 3.86. The normalized spacial score (nSPS) is 14.1. The van der Waals surface area contributed by atoms with Gasteiger partial charge in [-0.1, -0.05) is 0 Å². The summed E-state index contributed by atoms with van der Waals surface area (Å²) in [4.78, 5) is 11.0. The molecule has 1 atom stereocenters. The molecule has 0 aromatic heterocycles. The molecule has 0 aromatic rings. The Hall–Kier alpha value is -0.610. The Labute approximate surface area is 73.0 Å². The lowest BCUT2D eigenvalue weighted by molar-refractivity contribution is -0.162. The van der Waals surface area contributed by atoms with E-state index in [2.05, 4.69) is 4.74 Å². The molecule has 4 heteroatoms. The fourth-order valence-electron chi connectivity index (χ4n) is 0.751. The zero-order valence-electron chi connectivity index (χ0n) is 8.09. The van der Waals surface area contributed by atoms with Crippen LogP contribution in [0.15, 0.2) is 0 Å². The van der Waals surface area contributed by atoms with Crippen LogP contribution in [0.5, 0.6) is 0 Å². The molecule has 4 nitrogen and oxygen atoms in total. The maximum absolute atomic E-state index is 11.0. The van der Waals surface area contributed by atoms with E-state index in [-0.39, 0.29) is 12.1 Å². The van der Waals surface area contributed by atoms with Crippen molar-refractivity contribution in [3.05, 3.63) is 0 Å². The van der Waals surface area contributed by atoms with Crippen LogP contribution in [0.3, 0.4) is 0 Å². The highest BCUT2D eigenvalue weighted by atomic mass is 16.6. The third kappa shape index (κ3) is 4.31. The lowest BCUT2D eigenvalue weighted by atomic mass is 10.2. The van der Waals surface area contributed by atoms with E-state index >= 15 is 0 Å². The molecule has 0 unspecified atom stereocenters. The molecule has 72 valence electrons. The van der Waals surface area contributed by atoms with Gasteiger partial charge in [-0.3, -0.25) is 0 Å². The molecule has 0 aliphatic heterocycles. The van der Waals surface area contributed by atoms with Gasteiger partial charge in [-0.05, 0) is 20.8 Å². The Morgan fingerprint density at radius 3 is 2.25 bits per heavy atom. The summed E-state index contributed by atoms with van der Waals surface area (Å²) in [5.41, 5.74) is 4.95. The molecular weight excluding hydrogens is 158 g/mol. The summed E-state index contributed by atoms with van der Waals surface area (Å²) in [6.45, 7) is 5.72. The minimum absolute atomic E-state index is 0.143. The number of esters is 1. The SMILES string of the molecule is COC(=O)[C@@H](CN)OC(C)(C)C. The Balaban J connectivity index is 4.09. The number of rotatable bonds is 3. The molecule has 2 N–H and O–H groups in total. The summed E-state index contributed by atoms with van der Waals surface area (Å²) in [5.74, 6) is -0.424. The van der Waals surface area contributed by atoms with Crippen molar-refractivity contribution in [1.29, 1.82) is 0 Å². The van der Waals surface area contributed by atoms with Crippen LogP contribution in [0.2, 0.25) is 0 Å². The Morgan fingerprint density at radius 1 is 1.50 bits per heavy atom. The molecule has 0 rings (SSSR count). The standard InChI is InChI=1S/C8H17NO3/c1-8(2,3)12-6(5-9)7(10)11-4/h6H,5,9H2,1-4H3/t6-/m1/s1. The van der Waals surface area contributed by atoms with Crippen molar-refractivity contribution in [1.82, 2.24) is 0 Å². The number of carbonyl (C=O) groups excluding carboxylic acids is 1. The average molecular weight is 175 g/mol. The lowest BCUT2D eigenvalue weighted by Gasteiger charge is -2.24. The van der Waals surface area contributed by atoms with Crippen LogP contribution < -0.4 is 5.73 Å². The summed E-state index contributed by atoms with van der Waals surface area (Å²) in [6, 6.07) is 0. The minimum atomic E-state index is -0.657. The van der Waals surface area contributed by atoms with Gasteiger partial charge in [0.05, 0.1) is 12.7 Å². The summed E-state index contributed by atoms with van der Waals surface area (Å²) in [7, 11) is 1.32. The largest absolute Gasteiger partial charge is 0.467 e. The molecule has 0 heterocycles. The van der Waals surface area contributed by atoms with Crippen LogP contribution >= 0.6 is 0 Å². The van der Waals surface area contributed by atoms with E-state index in [0.717, 1.165) is 0 Å². The zero-order valence-corrected chi connectivity index (χ0v) is 8.09. The zero-order chi connectivity index (χ0) is 9.78. The van der Waals surface area contributed by atoms with Crippen LogP contribution in [0.1, 0.15) is 20.8 Å². The van der Waals surface area contributed by atoms with Crippen molar-refractivity contribution < 1.29 is 14.3 Å². The van der Waals surface area contributed by atoms with Gasteiger partial charge in [0.25, 0.3) is 0 Å². The fraction of sp³-hybridized carbons (Fsp3) is 0.875. The number of hydrogen-bond donors (Lipinski definition) is 1. The van der Waals surface area contributed by atoms with Crippen molar-refractivity contribution >= 4 is 5.97 Å². The smallest absolute Gasteiger partial charge is 0.336 e. The highest BCUT2D eigenvalue weighted by molar-refractivity contribution is 5.74. The molecular formula is C8H17NO3. The first-order chi connectivity index (χ1) is 5.40. The summed E-state index contributed by atoms with van der Waals surface area (Å²) >= 11 is 0. The van der Waals surface area contributed by atoms with Gasteiger partial charge < -0.3 is 15.2 Å². The van der Waals surface area contributed by atoms with E-state index < -0.39 is 12.1 Å². The van der Waals surface area contributed by atoms with Crippen molar-refractivity contribution in [2.24, 2.45) is 5.73 Å². The van der Waals surface area contributed by atoms with Crippen LogP contribution in [-0.2, 0) is 14.3 Å². The summed E-state index contributed by atoms with van der Waals surface area (Å²) < 4.78 is 9.85. The topological polar surface area (TPSA) is 61.5 Å². The van der Waals surface area contributed by atoms with Gasteiger partial charge in [0.1, 0.15) is 0 Å². The predicted molar refractivity (Wildman–Crippen MR) is 45.7 cm³/mol. The molecule has 0 aromatic carbocycles. The quantitative estimate of drug-likeness (QED) is 0.627. The van der Waals surface area contributed by atoms with Crippen molar-refractivity contribution in [3.8, 4) is 0 Å². The van der Waals surface area contributed by atoms with Crippen LogP contribution in [0.25, 0.3) is 0 Å². The predicted octanol–water partition coefficient (Wildman–Crippen LogP) is 0.302. The molecule has 0 saturated heterocycles. The van der Waals surface area contributed by atoms with Gasteiger partial charge in [0, 0.05) is 6.54 Å². The molecule has 12 heavy (non-hydrogen) atoms. The summed E-state index contributed by atoms with van der Waals surface area (Å²) in [6.07, 6.45) is -0.657. The van der Waals surface area contributed by atoms with E-state index in [0.29, 0.717) is 0 Å². The van der Waals surface area contributed by atoms with Gasteiger partial charge in [-0.15, -0.1) is 0 Å². The van der Waals surface area contributed by atoms with Crippen molar-refractivity contribution in [2.45, 2.75) is 32.5 Å². The molecule has 0 spiro atoms. The minimum Gasteiger partial charge on any atom is -0.467 e. The number of methoxy groups -OCH3 is 1. The first-order valence-electron chi connectivity index (χ1n) is 3.86. The Kier molecular flexibility index (Phi) is 4.20. The van der Waals surface area contributed by atoms with Crippen LogP contribution in [0, 0.1) is 0 Å². The molecule has 0 aliphatic rings. The van der Waals surface area contributed by atoms with E-state index in [1.165, 1.54) is 7.11 Å². The fourth-order valence-corrected chi connectivity index (χ4v) is 0.751. The molecule has 0 aliphatic carbocycles. The van der Waals surface area contributed by atoms with Gasteiger partial charge in [0.2, 0.25) is 0 Å². The second-order valence-electron chi connectivity index (χ2n) is 3.48. The lowest BCUT2D eigenvalue weighted by Crippen LogP contribution is -2.39. The third-order valence-electron chi connectivity index (χ3n) is 1.17.